The predicted molar refractivity (Wildman–Crippen MR) is 92.0 cm³/mol. The van der Waals surface area contributed by atoms with Gasteiger partial charge in [-0.05, 0) is 34.8 Å². The van der Waals surface area contributed by atoms with E-state index in [1.165, 1.54) is 6.08 Å². The molecule has 0 heterocycles. The second kappa shape index (κ2) is 7.13. The Morgan fingerprint density at radius 3 is 2.04 bits per heavy atom. The van der Waals surface area contributed by atoms with Gasteiger partial charge in [0.15, 0.2) is 0 Å². The van der Waals surface area contributed by atoms with Gasteiger partial charge in [0.25, 0.3) is 5.91 Å². The van der Waals surface area contributed by atoms with Crippen LogP contribution >= 0.6 is 0 Å². The number of aliphatic carboxylic acids is 1. The van der Waals surface area contributed by atoms with E-state index in [0.717, 1.165) is 5.56 Å². The van der Waals surface area contributed by atoms with Crippen LogP contribution in [0.1, 0.15) is 42.3 Å². The van der Waals surface area contributed by atoms with E-state index in [2.05, 4.69) is 26.1 Å². The SMILES string of the molecule is CC(C)(C)c1ccc(C(=O)N/C(=C/c2ccccc2)C(=O)[O-])cc1. The second-order valence-corrected chi connectivity index (χ2v) is 6.54. The smallest absolute Gasteiger partial charge is 0.255 e. The summed E-state index contributed by atoms with van der Waals surface area (Å²) < 4.78 is 0. The van der Waals surface area contributed by atoms with E-state index in [1.807, 2.05) is 18.2 Å². The molecule has 0 spiro atoms. The number of amides is 1. The number of hydrogen-bond acceptors (Lipinski definition) is 3. The first kappa shape index (κ1) is 17.5. The molecule has 2 aromatic rings. The Hall–Kier alpha value is -2.88. The highest BCUT2D eigenvalue weighted by Gasteiger charge is 2.15. The molecule has 2 aromatic carbocycles. The molecule has 124 valence electrons. The molecular formula is C20H20NO3-. The van der Waals surface area contributed by atoms with Gasteiger partial charge >= 0.3 is 0 Å². The Morgan fingerprint density at radius 2 is 1.54 bits per heavy atom. The summed E-state index contributed by atoms with van der Waals surface area (Å²) >= 11 is 0. The third kappa shape index (κ3) is 4.56. The van der Waals surface area contributed by atoms with Gasteiger partial charge in [-0.3, -0.25) is 4.79 Å². The lowest BCUT2D eigenvalue weighted by Gasteiger charge is -2.19. The quantitative estimate of drug-likeness (QED) is 0.879. The van der Waals surface area contributed by atoms with E-state index < -0.39 is 11.9 Å². The van der Waals surface area contributed by atoms with Crippen LogP contribution in [0.25, 0.3) is 6.08 Å². The van der Waals surface area contributed by atoms with E-state index in [-0.39, 0.29) is 11.1 Å². The van der Waals surface area contributed by atoms with Crippen molar-refractivity contribution in [2.75, 3.05) is 0 Å². The van der Waals surface area contributed by atoms with Gasteiger partial charge in [-0.2, -0.15) is 0 Å². The van der Waals surface area contributed by atoms with Crippen LogP contribution < -0.4 is 10.4 Å². The average molecular weight is 322 g/mol. The minimum Gasteiger partial charge on any atom is -0.543 e. The number of hydrogen-bond donors (Lipinski definition) is 1. The predicted octanol–water partition coefficient (Wildman–Crippen LogP) is 2.50. The Balaban J connectivity index is 2.20. The summed E-state index contributed by atoms with van der Waals surface area (Å²) in [5.41, 5.74) is 1.87. The Kier molecular flexibility index (Phi) is 5.19. The molecule has 4 heteroatoms. The molecule has 1 amide bonds. The van der Waals surface area contributed by atoms with Crippen molar-refractivity contribution in [2.45, 2.75) is 26.2 Å². The van der Waals surface area contributed by atoms with E-state index >= 15 is 0 Å². The molecule has 0 saturated carbocycles. The number of rotatable bonds is 4. The molecule has 0 unspecified atom stereocenters. The molecule has 0 fully saturated rings. The molecule has 4 nitrogen and oxygen atoms in total. The van der Waals surface area contributed by atoms with Crippen LogP contribution in [-0.4, -0.2) is 11.9 Å². The first-order valence-corrected chi connectivity index (χ1v) is 7.67. The molecule has 0 aliphatic heterocycles. The largest absolute Gasteiger partial charge is 0.543 e. The lowest BCUT2D eigenvalue weighted by atomic mass is 9.87. The van der Waals surface area contributed by atoms with Crippen molar-refractivity contribution in [2.24, 2.45) is 0 Å². The Bertz CT molecular complexity index is 754. The molecular weight excluding hydrogens is 302 g/mol. The maximum Gasteiger partial charge on any atom is 0.255 e. The number of carboxylic acid groups (broad SMARTS) is 1. The van der Waals surface area contributed by atoms with Crippen molar-refractivity contribution in [1.29, 1.82) is 0 Å². The molecule has 0 aliphatic rings. The van der Waals surface area contributed by atoms with Crippen LogP contribution in [-0.2, 0) is 10.2 Å². The van der Waals surface area contributed by atoms with Gasteiger partial charge in [0.2, 0.25) is 0 Å². The van der Waals surface area contributed by atoms with Crippen LogP contribution in [0, 0.1) is 0 Å². The van der Waals surface area contributed by atoms with Gasteiger partial charge in [-0.15, -0.1) is 0 Å². The fourth-order valence-electron chi connectivity index (χ4n) is 2.18. The number of benzene rings is 2. The van der Waals surface area contributed by atoms with Crippen molar-refractivity contribution in [3.8, 4) is 0 Å². The summed E-state index contributed by atoms with van der Waals surface area (Å²) in [5.74, 6) is -1.92. The molecule has 0 bridgehead atoms. The van der Waals surface area contributed by atoms with Crippen molar-refractivity contribution in [3.05, 3.63) is 77.0 Å². The highest BCUT2D eigenvalue weighted by molar-refractivity contribution is 6.02. The molecule has 2 rings (SSSR count). The number of nitrogens with one attached hydrogen (secondary N) is 1. The summed E-state index contributed by atoms with van der Waals surface area (Å²) in [6.45, 7) is 6.25. The van der Waals surface area contributed by atoms with E-state index in [0.29, 0.717) is 11.1 Å². The highest BCUT2D eigenvalue weighted by Crippen LogP contribution is 2.22. The van der Waals surface area contributed by atoms with Gasteiger partial charge in [0, 0.05) is 5.56 Å². The lowest BCUT2D eigenvalue weighted by molar-refractivity contribution is -0.299. The summed E-state index contributed by atoms with van der Waals surface area (Å²) in [4.78, 5) is 23.5. The molecule has 24 heavy (non-hydrogen) atoms. The zero-order valence-corrected chi connectivity index (χ0v) is 14.0. The van der Waals surface area contributed by atoms with Gasteiger partial charge in [-0.25, -0.2) is 0 Å². The van der Waals surface area contributed by atoms with Crippen LogP contribution in [0.5, 0.6) is 0 Å². The van der Waals surface area contributed by atoms with E-state index in [1.54, 1.807) is 36.4 Å². The maximum absolute atomic E-state index is 12.3. The number of carbonyl (C=O) groups is 2. The first-order valence-electron chi connectivity index (χ1n) is 7.67. The van der Waals surface area contributed by atoms with Crippen molar-refractivity contribution < 1.29 is 14.7 Å². The molecule has 0 atom stereocenters. The van der Waals surface area contributed by atoms with E-state index in [9.17, 15) is 14.7 Å². The third-order valence-electron chi connectivity index (χ3n) is 3.59. The fourth-order valence-corrected chi connectivity index (χ4v) is 2.18. The molecule has 0 saturated heterocycles. The minimum atomic E-state index is -1.43. The summed E-state index contributed by atoms with van der Waals surface area (Å²) in [5, 5.41) is 13.7. The monoisotopic (exact) mass is 322 g/mol. The maximum atomic E-state index is 12.3. The molecule has 0 aromatic heterocycles. The second-order valence-electron chi connectivity index (χ2n) is 6.54. The molecule has 0 aliphatic carbocycles. The van der Waals surface area contributed by atoms with Gasteiger partial charge in [0.1, 0.15) is 0 Å². The number of carboxylic acids is 1. The Morgan fingerprint density at radius 1 is 0.958 bits per heavy atom. The minimum absolute atomic E-state index is 0.0155. The summed E-state index contributed by atoms with van der Waals surface area (Å²) in [6.07, 6.45) is 1.37. The van der Waals surface area contributed by atoms with E-state index in [4.69, 9.17) is 0 Å². The van der Waals surface area contributed by atoms with Gasteiger partial charge in [0.05, 0.1) is 11.7 Å². The van der Waals surface area contributed by atoms with Crippen molar-refractivity contribution >= 4 is 18.0 Å². The molecule has 0 radical (unpaired) electrons. The first-order chi connectivity index (χ1) is 11.3. The standard InChI is InChI=1S/C20H21NO3/c1-20(2,3)16-11-9-15(10-12-16)18(22)21-17(19(23)24)13-14-7-5-4-6-8-14/h4-13H,1-3H3,(H,21,22)(H,23,24)/p-1/b17-13+. The zero-order chi connectivity index (χ0) is 17.7. The normalized spacial score (nSPS) is 11.9. The molecule has 1 N–H and O–H groups in total. The van der Waals surface area contributed by atoms with Gasteiger partial charge < -0.3 is 15.2 Å². The number of carbonyl (C=O) groups excluding carboxylic acids is 2. The third-order valence-corrected chi connectivity index (χ3v) is 3.59. The zero-order valence-electron chi connectivity index (χ0n) is 14.0. The van der Waals surface area contributed by atoms with Crippen LogP contribution in [0.2, 0.25) is 0 Å². The van der Waals surface area contributed by atoms with Crippen LogP contribution in [0.15, 0.2) is 60.3 Å². The topological polar surface area (TPSA) is 69.2 Å². The Labute approximate surface area is 141 Å². The summed E-state index contributed by atoms with van der Waals surface area (Å²) in [6, 6.07) is 16.0. The lowest BCUT2D eigenvalue weighted by Crippen LogP contribution is -2.35. The van der Waals surface area contributed by atoms with Crippen molar-refractivity contribution in [3.63, 3.8) is 0 Å². The van der Waals surface area contributed by atoms with Gasteiger partial charge in [-0.1, -0.05) is 63.2 Å². The van der Waals surface area contributed by atoms with Crippen LogP contribution in [0.3, 0.4) is 0 Å². The van der Waals surface area contributed by atoms with Crippen molar-refractivity contribution in [1.82, 2.24) is 5.32 Å². The highest BCUT2D eigenvalue weighted by atomic mass is 16.4. The summed E-state index contributed by atoms with van der Waals surface area (Å²) in [7, 11) is 0. The van der Waals surface area contributed by atoms with Crippen LogP contribution in [0.4, 0.5) is 0 Å². The fraction of sp³-hybridized carbons (Fsp3) is 0.200. The average Bonchev–Trinajstić information content (AvgIpc) is 2.54.